The molecule has 1 unspecified atom stereocenters. The standard InChI is InChI=1S/C6H12O2.C3H8O3.C3H6O3/c1-2-3-4-5-6(7)8;4-1-3(6)2-5;1-2(4)3(5)6/h2-5H2,1H3,(H,7,8);3-6H,1-2H2;2,4H,1H3,(H,5,6). The van der Waals surface area contributed by atoms with Gasteiger partial charge in [0, 0.05) is 6.42 Å². The van der Waals surface area contributed by atoms with Crippen LogP contribution in [-0.4, -0.2) is 68.0 Å². The van der Waals surface area contributed by atoms with Crippen LogP contribution in [0.15, 0.2) is 0 Å². The topological polar surface area (TPSA) is 156 Å². The van der Waals surface area contributed by atoms with E-state index in [1.54, 1.807) is 0 Å². The molecule has 20 heavy (non-hydrogen) atoms. The van der Waals surface area contributed by atoms with Gasteiger partial charge in [0.25, 0.3) is 0 Å². The molecule has 0 saturated carbocycles. The third-order valence-corrected chi connectivity index (χ3v) is 1.77. The molecule has 0 aromatic rings. The Hall–Kier alpha value is -1.22. The van der Waals surface area contributed by atoms with Crippen LogP contribution in [-0.2, 0) is 9.59 Å². The maximum absolute atomic E-state index is 9.87. The molecule has 0 spiro atoms. The molecule has 122 valence electrons. The van der Waals surface area contributed by atoms with Crippen molar-refractivity contribution in [2.45, 2.75) is 51.7 Å². The Bertz CT molecular complexity index is 225. The zero-order valence-corrected chi connectivity index (χ0v) is 11.9. The summed E-state index contributed by atoms with van der Waals surface area (Å²) in [5.74, 6) is -1.87. The first kappa shape index (κ1) is 23.8. The molecule has 0 saturated heterocycles. The molecule has 0 radical (unpaired) electrons. The van der Waals surface area contributed by atoms with Gasteiger partial charge in [0.2, 0.25) is 0 Å². The van der Waals surface area contributed by atoms with E-state index in [2.05, 4.69) is 6.92 Å². The third kappa shape index (κ3) is 30.1. The normalized spacial score (nSPS) is 10.8. The summed E-state index contributed by atoms with van der Waals surface area (Å²) < 4.78 is 0. The van der Waals surface area contributed by atoms with Crippen LogP contribution in [0.1, 0.15) is 39.5 Å². The fourth-order valence-electron chi connectivity index (χ4n) is 0.584. The lowest BCUT2D eigenvalue weighted by Crippen LogP contribution is -2.15. The summed E-state index contributed by atoms with van der Waals surface area (Å²) in [6.07, 6.45) is 1.09. The molecule has 6 N–H and O–H groups in total. The van der Waals surface area contributed by atoms with E-state index in [4.69, 9.17) is 30.6 Å². The maximum Gasteiger partial charge on any atom is 0.332 e. The Balaban J connectivity index is -0.000000221. The minimum Gasteiger partial charge on any atom is -0.481 e. The molecule has 8 nitrogen and oxygen atoms in total. The van der Waals surface area contributed by atoms with E-state index in [0.29, 0.717) is 6.42 Å². The summed E-state index contributed by atoms with van der Waals surface area (Å²) >= 11 is 0. The van der Waals surface area contributed by atoms with Crippen molar-refractivity contribution in [1.29, 1.82) is 0 Å². The molecule has 0 rings (SSSR count). The highest BCUT2D eigenvalue weighted by Crippen LogP contribution is 1.97. The monoisotopic (exact) mass is 298 g/mol. The van der Waals surface area contributed by atoms with Crippen molar-refractivity contribution in [3.05, 3.63) is 0 Å². The quantitative estimate of drug-likeness (QED) is 0.341. The molecule has 0 aromatic carbocycles. The predicted molar refractivity (Wildman–Crippen MR) is 71.3 cm³/mol. The van der Waals surface area contributed by atoms with Crippen LogP contribution < -0.4 is 0 Å². The number of rotatable bonds is 7. The first-order valence-corrected chi connectivity index (χ1v) is 6.25. The molecule has 0 aliphatic carbocycles. The number of aliphatic hydroxyl groups excluding tert-OH is 4. The van der Waals surface area contributed by atoms with Crippen molar-refractivity contribution in [1.82, 2.24) is 0 Å². The number of carboxylic acids is 2. The summed E-state index contributed by atoms with van der Waals surface area (Å²) in [6.45, 7) is 2.52. The summed E-state index contributed by atoms with van der Waals surface area (Å²) in [4.78, 5) is 19.3. The van der Waals surface area contributed by atoms with Gasteiger partial charge in [-0.25, -0.2) is 4.79 Å². The van der Waals surface area contributed by atoms with Gasteiger partial charge in [-0.2, -0.15) is 0 Å². The van der Waals surface area contributed by atoms with E-state index in [9.17, 15) is 9.59 Å². The van der Waals surface area contributed by atoms with E-state index >= 15 is 0 Å². The van der Waals surface area contributed by atoms with E-state index in [1.807, 2.05) is 0 Å². The van der Waals surface area contributed by atoms with Gasteiger partial charge in [0.1, 0.15) is 12.2 Å². The molecule has 0 aliphatic rings. The van der Waals surface area contributed by atoms with Crippen LogP contribution in [0.3, 0.4) is 0 Å². The number of aliphatic hydroxyl groups is 4. The van der Waals surface area contributed by atoms with Crippen LogP contribution >= 0.6 is 0 Å². The summed E-state index contributed by atoms with van der Waals surface area (Å²) in [5, 5.41) is 47.9. The molecule has 8 heteroatoms. The van der Waals surface area contributed by atoms with Gasteiger partial charge in [0.05, 0.1) is 13.2 Å². The fourth-order valence-corrected chi connectivity index (χ4v) is 0.584. The van der Waals surface area contributed by atoms with Crippen LogP contribution in [0.5, 0.6) is 0 Å². The number of carbonyl (C=O) groups is 2. The van der Waals surface area contributed by atoms with Gasteiger partial charge in [-0.05, 0) is 13.3 Å². The van der Waals surface area contributed by atoms with Crippen LogP contribution in [0.4, 0.5) is 0 Å². The Morgan fingerprint density at radius 2 is 1.40 bits per heavy atom. The second-order valence-electron chi connectivity index (χ2n) is 3.88. The minimum absolute atomic E-state index is 0.327. The van der Waals surface area contributed by atoms with Crippen molar-refractivity contribution >= 4 is 11.9 Å². The van der Waals surface area contributed by atoms with Gasteiger partial charge in [-0.3, -0.25) is 4.79 Å². The number of aliphatic carboxylic acids is 2. The number of hydrogen-bond acceptors (Lipinski definition) is 6. The molecule has 0 fully saturated rings. The number of hydrogen-bond donors (Lipinski definition) is 6. The number of carboxylic acid groups (broad SMARTS) is 2. The summed E-state index contributed by atoms with van der Waals surface area (Å²) in [6, 6.07) is 0. The second-order valence-corrected chi connectivity index (χ2v) is 3.88. The Morgan fingerprint density at radius 3 is 1.55 bits per heavy atom. The van der Waals surface area contributed by atoms with Gasteiger partial charge in [-0.15, -0.1) is 0 Å². The minimum atomic E-state index is -1.23. The van der Waals surface area contributed by atoms with Crippen molar-refractivity contribution in [2.24, 2.45) is 0 Å². The molecule has 0 aromatic heterocycles. The zero-order chi connectivity index (χ0) is 16.6. The van der Waals surface area contributed by atoms with E-state index < -0.39 is 24.1 Å². The molecular weight excluding hydrogens is 272 g/mol. The van der Waals surface area contributed by atoms with Crippen LogP contribution in [0, 0.1) is 0 Å². The highest BCUT2D eigenvalue weighted by atomic mass is 16.4. The van der Waals surface area contributed by atoms with Crippen molar-refractivity contribution in [3.63, 3.8) is 0 Å². The summed E-state index contributed by atoms with van der Waals surface area (Å²) in [5.41, 5.74) is 0. The van der Waals surface area contributed by atoms with Gasteiger partial charge >= 0.3 is 11.9 Å². The van der Waals surface area contributed by atoms with E-state index in [1.165, 1.54) is 6.92 Å². The molecular formula is C12H26O8. The second kappa shape index (κ2) is 17.8. The number of unbranched alkanes of at least 4 members (excludes halogenated alkanes) is 2. The average Bonchev–Trinajstić information content (AvgIpc) is 2.39. The van der Waals surface area contributed by atoms with E-state index in [0.717, 1.165) is 19.3 Å². The van der Waals surface area contributed by atoms with Gasteiger partial charge < -0.3 is 30.6 Å². The summed E-state index contributed by atoms with van der Waals surface area (Å²) in [7, 11) is 0. The zero-order valence-electron chi connectivity index (χ0n) is 11.9. The Morgan fingerprint density at radius 1 is 1.00 bits per heavy atom. The largest absolute Gasteiger partial charge is 0.481 e. The Labute approximate surface area is 118 Å². The van der Waals surface area contributed by atoms with Crippen molar-refractivity contribution in [2.75, 3.05) is 13.2 Å². The fraction of sp³-hybridized carbons (Fsp3) is 0.833. The van der Waals surface area contributed by atoms with Gasteiger partial charge in [0.15, 0.2) is 0 Å². The van der Waals surface area contributed by atoms with Gasteiger partial charge in [-0.1, -0.05) is 19.8 Å². The third-order valence-electron chi connectivity index (χ3n) is 1.77. The molecule has 0 bridgehead atoms. The lowest BCUT2D eigenvalue weighted by molar-refractivity contribution is -0.145. The maximum atomic E-state index is 9.87. The lowest BCUT2D eigenvalue weighted by Gasteiger charge is -1.96. The lowest BCUT2D eigenvalue weighted by atomic mass is 10.2. The average molecular weight is 298 g/mol. The van der Waals surface area contributed by atoms with Crippen LogP contribution in [0.2, 0.25) is 0 Å². The van der Waals surface area contributed by atoms with E-state index in [-0.39, 0.29) is 13.2 Å². The molecule has 0 heterocycles. The molecule has 0 amide bonds. The highest BCUT2D eigenvalue weighted by Gasteiger charge is 2.01. The first-order chi connectivity index (χ1) is 9.22. The Kier molecular flexibility index (Phi) is 21.2. The molecule has 1 atom stereocenters. The van der Waals surface area contributed by atoms with Crippen molar-refractivity contribution < 1.29 is 40.2 Å². The molecule has 0 aliphatic heterocycles. The predicted octanol–water partition coefficient (Wildman–Crippen LogP) is -0.565. The van der Waals surface area contributed by atoms with Crippen molar-refractivity contribution in [3.8, 4) is 0 Å². The highest BCUT2D eigenvalue weighted by molar-refractivity contribution is 5.71. The van der Waals surface area contributed by atoms with Crippen LogP contribution in [0.25, 0.3) is 0 Å². The smallest absolute Gasteiger partial charge is 0.332 e. The first-order valence-electron chi connectivity index (χ1n) is 6.25. The SMILES string of the molecule is CC(O)C(=O)O.CCCCCC(=O)O.OCC(O)CO.